The highest BCUT2D eigenvalue weighted by Crippen LogP contribution is 2.24. The van der Waals surface area contributed by atoms with Gasteiger partial charge >= 0.3 is 0 Å². The van der Waals surface area contributed by atoms with Crippen molar-refractivity contribution in [3.63, 3.8) is 0 Å². The SMILES string of the molecule is CC(NCC1CCCCC1O)c1ccc(F)cn1. The van der Waals surface area contributed by atoms with Gasteiger partial charge in [0.2, 0.25) is 0 Å². The zero-order valence-corrected chi connectivity index (χ0v) is 10.8. The molecular weight excluding hydrogens is 231 g/mol. The largest absolute Gasteiger partial charge is 0.393 e. The zero-order chi connectivity index (χ0) is 13.0. The van der Waals surface area contributed by atoms with Gasteiger partial charge in [0.05, 0.1) is 18.0 Å². The average molecular weight is 252 g/mol. The Balaban J connectivity index is 1.83. The number of aliphatic hydroxyl groups excluding tert-OH is 1. The van der Waals surface area contributed by atoms with Crippen LogP contribution in [-0.4, -0.2) is 22.7 Å². The Bertz CT molecular complexity index is 369. The Morgan fingerprint density at radius 3 is 2.89 bits per heavy atom. The maximum Gasteiger partial charge on any atom is 0.141 e. The molecule has 1 aliphatic carbocycles. The third-order valence-electron chi connectivity index (χ3n) is 3.75. The Kier molecular flexibility index (Phi) is 4.66. The van der Waals surface area contributed by atoms with Crippen LogP contribution < -0.4 is 5.32 Å². The van der Waals surface area contributed by atoms with Gasteiger partial charge in [-0.1, -0.05) is 12.8 Å². The van der Waals surface area contributed by atoms with Crippen molar-refractivity contribution < 1.29 is 9.50 Å². The topological polar surface area (TPSA) is 45.1 Å². The third-order valence-corrected chi connectivity index (χ3v) is 3.75. The molecule has 18 heavy (non-hydrogen) atoms. The summed E-state index contributed by atoms with van der Waals surface area (Å²) in [5.41, 5.74) is 0.835. The van der Waals surface area contributed by atoms with Crippen LogP contribution in [0.15, 0.2) is 18.3 Å². The van der Waals surface area contributed by atoms with E-state index in [-0.39, 0.29) is 18.0 Å². The molecular formula is C14H21FN2O. The van der Waals surface area contributed by atoms with E-state index in [0.29, 0.717) is 5.92 Å². The monoisotopic (exact) mass is 252 g/mol. The second-order valence-corrected chi connectivity index (χ2v) is 5.14. The van der Waals surface area contributed by atoms with Crippen LogP contribution in [0.5, 0.6) is 0 Å². The van der Waals surface area contributed by atoms with Gasteiger partial charge in [0, 0.05) is 12.6 Å². The fourth-order valence-corrected chi connectivity index (χ4v) is 2.50. The molecule has 1 fully saturated rings. The van der Waals surface area contributed by atoms with Gasteiger partial charge in [-0.05, 0) is 37.8 Å². The highest BCUT2D eigenvalue weighted by Gasteiger charge is 2.23. The lowest BCUT2D eigenvalue weighted by molar-refractivity contribution is 0.0683. The van der Waals surface area contributed by atoms with E-state index in [0.717, 1.165) is 31.5 Å². The predicted molar refractivity (Wildman–Crippen MR) is 68.6 cm³/mol. The Morgan fingerprint density at radius 1 is 1.44 bits per heavy atom. The first kappa shape index (κ1) is 13.4. The summed E-state index contributed by atoms with van der Waals surface area (Å²) < 4.78 is 12.8. The Hall–Kier alpha value is -1.00. The van der Waals surface area contributed by atoms with E-state index in [1.165, 1.54) is 18.7 Å². The molecule has 3 atom stereocenters. The number of nitrogens with one attached hydrogen (secondary N) is 1. The molecule has 0 saturated heterocycles. The number of nitrogens with zero attached hydrogens (tertiary/aromatic N) is 1. The number of hydrogen-bond acceptors (Lipinski definition) is 3. The smallest absolute Gasteiger partial charge is 0.141 e. The summed E-state index contributed by atoms with van der Waals surface area (Å²) in [6.45, 7) is 2.80. The van der Waals surface area contributed by atoms with Gasteiger partial charge < -0.3 is 10.4 Å². The molecule has 4 heteroatoms. The highest BCUT2D eigenvalue weighted by atomic mass is 19.1. The summed E-state index contributed by atoms with van der Waals surface area (Å²) in [6.07, 6.45) is 5.38. The fourth-order valence-electron chi connectivity index (χ4n) is 2.50. The number of aliphatic hydroxyl groups is 1. The standard InChI is InChI=1S/C14H21FN2O/c1-10(13-7-6-12(15)9-17-13)16-8-11-4-2-3-5-14(11)18/h6-7,9-11,14,16,18H,2-5,8H2,1H3. The molecule has 1 aromatic heterocycles. The Morgan fingerprint density at radius 2 is 2.22 bits per heavy atom. The van der Waals surface area contributed by atoms with Crippen LogP contribution in [0.1, 0.15) is 44.3 Å². The number of aromatic nitrogens is 1. The fraction of sp³-hybridized carbons (Fsp3) is 0.643. The minimum atomic E-state index is -0.311. The molecule has 1 aromatic rings. The summed E-state index contributed by atoms with van der Waals surface area (Å²) in [5.74, 6) is 0.0234. The van der Waals surface area contributed by atoms with Crippen molar-refractivity contribution >= 4 is 0 Å². The first-order valence-electron chi connectivity index (χ1n) is 6.69. The van der Waals surface area contributed by atoms with E-state index >= 15 is 0 Å². The van der Waals surface area contributed by atoms with E-state index in [4.69, 9.17) is 0 Å². The molecule has 1 heterocycles. The minimum Gasteiger partial charge on any atom is -0.393 e. The van der Waals surface area contributed by atoms with Gasteiger partial charge in [-0.25, -0.2) is 4.39 Å². The average Bonchev–Trinajstić information content (AvgIpc) is 2.38. The third kappa shape index (κ3) is 3.50. The van der Waals surface area contributed by atoms with Crippen LogP contribution in [0, 0.1) is 11.7 Å². The summed E-state index contributed by atoms with van der Waals surface area (Å²) in [4.78, 5) is 4.06. The molecule has 0 bridgehead atoms. The van der Waals surface area contributed by atoms with E-state index in [1.807, 2.05) is 6.92 Å². The molecule has 0 aliphatic heterocycles. The van der Waals surface area contributed by atoms with Crippen LogP contribution in [0.2, 0.25) is 0 Å². The normalized spacial score (nSPS) is 25.9. The first-order chi connectivity index (χ1) is 8.66. The van der Waals surface area contributed by atoms with Gasteiger partial charge in [0.15, 0.2) is 0 Å². The molecule has 100 valence electrons. The molecule has 0 spiro atoms. The predicted octanol–water partition coefficient (Wildman–Crippen LogP) is 2.42. The summed E-state index contributed by atoms with van der Waals surface area (Å²) in [6, 6.07) is 3.21. The van der Waals surface area contributed by atoms with Gasteiger partial charge in [-0.15, -0.1) is 0 Å². The van der Waals surface area contributed by atoms with E-state index < -0.39 is 0 Å². The van der Waals surface area contributed by atoms with Crippen molar-refractivity contribution in [2.45, 2.75) is 44.8 Å². The lowest BCUT2D eigenvalue weighted by atomic mass is 9.86. The lowest BCUT2D eigenvalue weighted by Gasteiger charge is -2.28. The van der Waals surface area contributed by atoms with Gasteiger partial charge in [-0.3, -0.25) is 4.98 Å². The second-order valence-electron chi connectivity index (χ2n) is 5.14. The van der Waals surface area contributed by atoms with Gasteiger partial charge in [0.1, 0.15) is 5.82 Å². The van der Waals surface area contributed by atoms with Crippen LogP contribution in [-0.2, 0) is 0 Å². The van der Waals surface area contributed by atoms with Crippen molar-refractivity contribution in [1.29, 1.82) is 0 Å². The number of halogens is 1. The van der Waals surface area contributed by atoms with Crippen molar-refractivity contribution in [1.82, 2.24) is 10.3 Å². The maximum atomic E-state index is 12.8. The van der Waals surface area contributed by atoms with Crippen molar-refractivity contribution in [3.8, 4) is 0 Å². The molecule has 2 N–H and O–H groups in total. The second kappa shape index (κ2) is 6.25. The molecule has 1 aliphatic rings. The van der Waals surface area contributed by atoms with E-state index in [1.54, 1.807) is 6.07 Å². The van der Waals surface area contributed by atoms with Crippen molar-refractivity contribution in [2.75, 3.05) is 6.54 Å². The van der Waals surface area contributed by atoms with E-state index in [2.05, 4.69) is 10.3 Å². The molecule has 0 amide bonds. The van der Waals surface area contributed by atoms with Crippen LogP contribution in [0.25, 0.3) is 0 Å². The van der Waals surface area contributed by atoms with E-state index in [9.17, 15) is 9.50 Å². The van der Waals surface area contributed by atoms with Crippen molar-refractivity contribution in [3.05, 3.63) is 29.8 Å². The van der Waals surface area contributed by atoms with Gasteiger partial charge in [-0.2, -0.15) is 0 Å². The van der Waals surface area contributed by atoms with Crippen LogP contribution in [0.4, 0.5) is 4.39 Å². The molecule has 3 nitrogen and oxygen atoms in total. The maximum absolute atomic E-state index is 12.8. The summed E-state index contributed by atoms with van der Waals surface area (Å²) in [7, 11) is 0. The molecule has 2 rings (SSSR count). The highest BCUT2D eigenvalue weighted by molar-refractivity contribution is 5.08. The number of hydrogen-bond donors (Lipinski definition) is 2. The molecule has 3 unspecified atom stereocenters. The molecule has 0 radical (unpaired) electrons. The minimum absolute atomic E-state index is 0.0831. The molecule has 0 aromatic carbocycles. The van der Waals surface area contributed by atoms with Crippen LogP contribution >= 0.6 is 0 Å². The van der Waals surface area contributed by atoms with Crippen LogP contribution in [0.3, 0.4) is 0 Å². The van der Waals surface area contributed by atoms with Gasteiger partial charge in [0.25, 0.3) is 0 Å². The first-order valence-corrected chi connectivity index (χ1v) is 6.69. The number of pyridine rings is 1. The zero-order valence-electron chi connectivity index (χ0n) is 10.8. The Labute approximate surface area is 107 Å². The summed E-state index contributed by atoms with van der Waals surface area (Å²) in [5, 5.41) is 13.3. The van der Waals surface area contributed by atoms with Crippen molar-refractivity contribution in [2.24, 2.45) is 5.92 Å². The lowest BCUT2D eigenvalue weighted by Crippen LogP contribution is -2.35. The quantitative estimate of drug-likeness (QED) is 0.865. The number of rotatable bonds is 4. The molecule has 1 saturated carbocycles. The summed E-state index contributed by atoms with van der Waals surface area (Å²) >= 11 is 0.